The second-order valence-corrected chi connectivity index (χ2v) is 7.38. The Morgan fingerprint density at radius 2 is 1.71 bits per heavy atom. The molecule has 0 saturated carbocycles. The first-order chi connectivity index (χ1) is 16.6. The highest BCUT2D eigenvalue weighted by molar-refractivity contribution is 6.00. The first-order valence-corrected chi connectivity index (χ1v) is 10.2. The van der Waals surface area contributed by atoms with Crippen LogP contribution in [0.2, 0.25) is 0 Å². The minimum Gasteiger partial charge on any atom is -0.507 e. The number of phenols is 2. The molecule has 2 aromatic rings. The van der Waals surface area contributed by atoms with Gasteiger partial charge in [-0.1, -0.05) is 0 Å². The first-order valence-electron chi connectivity index (χ1n) is 10.2. The zero-order chi connectivity index (χ0) is 26.0. The van der Waals surface area contributed by atoms with E-state index in [1.54, 1.807) is 6.92 Å². The number of aryl methyl sites for hydroxylation is 1. The van der Waals surface area contributed by atoms with E-state index in [0.717, 1.165) is 6.08 Å². The molecule has 3 rings (SSSR count). The van der Waals surface area contributed by atoms with E-state index in [1.807, 2.05) is 0 Å². The summed E-state index contributed by atoms with van der Waals surface area (Å²) in [5, 5.41) is 21.4. The van der Waals surface area contributed by atoms with Crippen LogP contribution in [0.3, 0.4) is 0 Å². The molecule has 11 nitrogen and oxygen atoms in total. The Morgan fingerprint density at radius 1 is 1.03 bits per heavy atom. The Morgan fingerprint density at radius 3 is 2.29 bits per heavy atom. The lowest BCUT2D eigenvalue weighted by Crippen LogP contribution is -2.10. The molecular formula is C24H24O11. The number of fused-ring (bicyclic) bond motifs is 1. The summed E-state index contributed by atoms with van der Waals surface area (Å²) >= 11 is 0. The smallest absolute Gasteiger partial charge is 0.345 e. The van der Waals surface area contributed by atoms with Crippen molar-refractivity contribution >= 4 is 24.0 Å². The number of rotatable bonds is 7. The zero-order valence-electron chi connectivity index (χ0n) is 19.9. The molecule has 0 fully saturated rings. The number of ether oxygens (including phenoxy) is 6. The summed E-state index contributed by atoms with van der Waals surface area (Å²) in [6, 6.07) is 1.53. The number of methoxy groups -OCH3 is 4. The van der Waals surface area contributed by atoms with E-state index in [9.17, 15) is 24.6 Å². The average molecular weight is 488 g/mol. The number of benzene rings is 2. The summed E-state index contributed by atoms with van der Waals surface area (Å²) in [5.74, 6) is -3.65. The third kappa shape index (κ3) is 4.33. The molecule has 0 radical (unpaired) electrons. The summed E-state index contributed by atoms with van der Waals surface area (Å²) < 4.78 is 31.4. The third-order valence-corrected chi connectivity index (χ3v) is 5.42. The standard InChI is InChI=1S/C24H24O11/c1-10-9-13(30-3)12(7-8-14(25)31-4)20(15(10)22(28)32-5)34-21-17-16(18(26)11(2)19(21)27)23(29)35-24(17)33-6/h7-9,24,26-27H,1-6H3. The molecule has 1 aliphatic heterocycles. The van der Waals surface area contributed by atoms with Gasteiger partial charge < -0.3 is 38.6 Å². The predicted molar refractivity (Wildman–Crippen MR) is 120 cm³/mol. The van der Waals surface area contributed by atoms with Gasteiger partial charge in [-0.2, -0.15) is 0 Å². The zero-order valence-corrected chi connectivity index (χ0v) is 19.9. The Labute approximate surface area is 200 Å². The molecule has 1 atom stereocenters. The van der Waals surface area contributed by atoms with Crippen LogP contribution in [0, 0.1) is 13.8 Å². The quantitative estimate of drug-likeness (QED) is 0.336. The van der Waals surface area contributed by atoms with Crippen LogP contribution >= 0.6 is 0 Å². The van der Waals surface area contributed by atoms with E-state index in [0.29, 0.717) is 5.56 Å². The van der Waals surface area contributed by atoms with Crippen molar-refractivity contribution in [2.75, 3.05) is 28.4 Å². The van der Waals surface area contributed by atoms with Gasteiger partial charge in [-0.3, -0.25) is 0 Å². The molecule has 0 aliphatic carbocycles. The number of esters is 3. The third-order valence-electron chi connectivity index (χ3n) is 5.42. The van der Waals surface area contributed by atoms with E-state index >= 15 is 0 Å². The van der Waals surface area contributed by atoms with Gasteiger partial charge in [0.2, 0.25) is 6.29 Å². The number of hydrogen-bond donors (Lipinski definition) is 2. The van der Waals surface area contributed by atoms with Crippen molar-refractivity contribution in [2.24, 2.45) is 0 Å². The number of cyclic esters (lactones) is 1. The van der Waals surface area contributed by atoms with E-state index in [4.69, 9.17) is 23.7 Å². The Bertz CT molecular complexity index is 1240. The molecule has 2 N–H and O–H groups in total. The molecular weight excluding hydrogens is 464 g/mol. The molecule has 0 saturated heterocycles. The van der Waals surface area contributed by atoms with Gasteiger partial charge in [0, 0.05) is 18.7 Å². The van der Waals surface area contributed by atoms with Crippen molar-refractivity contribution in [2.45, 2.75) is 20.1 Å². The van der Waals surface area contributed by atoms with Crippen LogP contribution in [-0.4, -0.2) is 56.6 Å². The van der Waals surface area contributed by atoms with Crippen molar-refractivity contribution in [3.05, 3.63) is 45.5 Å². The monoisotopic (exact) mass is 488 g/mol. The summed E-state index contributed by atoms with van der Waals surface area (Å²) in [6.07, 6.45) is 1.07. The van der Waals surface area contributed by atoms with Crippen LogP contribution < -0.4 is 9.47 Å². The van der Waals surface area contributed by atoms with Crippen molar-refractivity contribution in [1.82, 2.24) is 0 Å². The lowest BCUT2D eigenvalue weighted by atomic mass is 9.99. The van der Waals surface area contributed by atoms with E-state index in [1.165, 1.54) is 47.5 Å². The van der Waals surface area contributed by atoms with E-state index < -0.39 is 35.7 Å². The minimum atomic E-state index is -1.31. The number of carbonyl (C=O) groups excluding carboxylic acids is 3. The molecule has 0 bridgehead atoms. The van der Waals surface area contributed by atoms with Gasteiger partial charge in [0.15, 0.2) is 17.2 Å². The fourth-order valence-corrected chi connectivity index (χ4v) is 3.64. The summed E-state index contributed by atoms with van der Waals surface area (Å²) in [5.41, 5.74) is 0.0581. The van der Waals surface area contributed by atoms with Crippen LogP contribution in [0.15, 0.2) is 12.1 Å². The van der Waals surface area contributed by atoms with Gasteiger partial charge in [0.1, 0.15) is 22.6 Å². The number of phenolic OH excluding ortho intramolecular Hbond substituents is 2. The topological polar surface area (TPSA) is 147 Å². The fraction of sp³-hybridized carbons (Fsp3) is 0.292. The Hall–Kier alpha value is -4.25. The first kappa shape index (κ1) is 25.4. The fourth-order valence-electron chi connectivity index (χ4n) is 3.64. The van der Waals surface area contributed by atoms with Crippen LogP contribution in [0.1, 0.15) is 49.3 Å². The van der Waals surface area contributed by atoms with Gasteiger partial charge in [-0.05, 0) is 31.6 Å². The number of hydrogen-bond acceptors (Lipinski definition) is 11. The lowest BCUT2D eigenvalue weighted by Gasteiger charge is -2.21. The van der Waals surface area contributed by atoms with Crippen molar-refractivity contribution in [3.63, 3.8) is 0 Å². The van der Waals surface area contributed by atoms with Crippen LogP contribution in [-0.2, 0) is 23.7 Å². The molecule has 186 valence electrons. The lowest BCUT2D eigenvalue weighted by molar-refractivity contribution is -0.134. The van der Waals surface area contributed by atoms with Crippen molar-refractivity contribution < 1.29 is 53.0 Å². The second-order valence-electron chi connectivity index (χ2n) is 7.38. The van der Waals surface area contributed by atoms with Gasteiger partial charge >= 0.3 is 17.9 Å². The highest BCUT2D eigenvalue weighted by atomic mass is 16.7. The van der Waals surface area contributed by atoms with Gasteiger partial charge in [-0.25, -0.2) is 14.4 Å². The SMILES string of the molecule is COC(=O)C=Cc1c(OC)cc(C)c(C(=O)OC)c1Oc1c(O)c(C)c(O)c2c1C(OC)OC2=O. The Balaban J connectivity index is 2.40. The molecule has 1 unspecified atom stereocenters. The van der Waals surface area contributed by atoms with E-state index in [-0.39, 0.29) is 45.1 Å². The molecule has 0 amide bonds. The maximum Gasteiger partial charge on any atom is 0.345 e. The molecule has 2 aromatic carbocycles. The highest BCUT2D eigenvalue weighted by Crippen LogP contribution is 2.52. The summed E-state index contributed by atoms with van der Waals surface area (Å²) in [6.45, 7) is 2.97. The number of aromatic hydroxyl groups is 2. The molecule has 0 aromatic heterocycles. The Kier molecular flexibility index (Phi) is 7.20. The molecule has 35 heavy (non-hydrogen) atoms. The van der Waals surface area contributed by atoms with Gasteiger partial charge in [-0.15, -0.1) is 0 Å². The minimum absolute atomic E-state index is 0.0455. The summed E-state index contributed by atoms with van der Waals surface area (Å²) in [4.78, 5) is 36.9. The van der Waals surface area contributed by atoms with Crippen LogP contribution in [0.5, 0.6) is 28.7 Å². The number of carbonyl (C=O) groups is 3. The maximum absolute atomic E-state index is 12.7. The highest BCUT2D eigenvalue weighted by Gasteiger charge is 2.41. The normalized spacial score (nSPS) is 14.5. The summed E-state index contributed by atoms with van der Waals surface area (Å²) in [7, 11) is 5.00. The van der Waals surface area contributed by atoms with Crippen molar-refractivity contribution in [1.29, 1.82) is 0 Å². The van der Waals surface area contributed by atoms with E-state index in [2.05, 4.69) is 4.74 Å². The molecule has 1 heterocycles. The molecule has 0 spiro atoms. The van der Waals surface area contributed by atoms with Gasteiger partial charge in [0.05, 0.1) is 32.5 Å². The van der Waals surface area contributed by atoms with Crippen molar-refractivity contribution in [3.8, 4) is 28.7 Å². The van der Waals surface area contributed by atoms with Crippen LogP contribution in [0.4, 0.5) is 0 Å². The molecule has 11 heteroatoms. The van der Waals surface area contributed by atoms with Crippen LogP contribution in [0.25, 0.3) is 6.08 Å². The predicted octanol–water partition coefficient (Wildman–Crippen LogP) is 3.30. The van der Waals surface area contributed by atoms with Gasteiger partial charge in [0.25, 0.3) is 0 Å². The maximum atomic E-state index is 12.7. The largest absolute Gasteiger partial charge is 0.507 e. The average Bonchev–Trinajstić information content (AvgIpc) is 3.19. The molecule has 1 aliphatic rings. The second kappa shape index (κ2) is 9.94.